The smallest absolute Gasteiger partial charge is 0.0810 e. The monoisotopic (exact) mass is 175 g/mol. The zero-order valence-electron chi connectivity index (χ0n) is 8.42. The van der Waals surface area contributed by atoms with E-state index in [9.17, 15) is 0 Å². The standard InChI is InChI=1S/C9H20NO.H2O/c1-10(2,3)8-9-4-6-11-7-5-9;/h9H,4-8H2,1-3H3;1H2/q+1;/p-1. The number of nitrogens with zero attached hydrogens (tertiary/aromatic N) is 1. The molecule has 0 bridgehead atoms. The van der Waals surface area contributed by atoms with Crippen LogP contribution in [0, 0.1) is 5.92 Å². The Labute approximate surface area is 75.2 Å². The van der Waals surface area contributed by atoms with E-state index in [2.05, 4.69) is 21.1 Å². The van der Waals surface area contributed by atoms with Gasteiger partial charge in [-0.1, -0.05) is 0 Å². The van der Waals surface area contributed by atoms with Crippen molar-refractivity contribution in [2.75, 3.05) is 40.9 Å². The molecule has 74 valence electrons. The van der Waals surface area contributed by atoms with Gasteiger partial charge in [0, 0.05) is 19.1 Å². The van der Waals surface area contributed by atoms with Gasteiger partial charge < -0.3 is 14.7 Å². The molecule has 1 heterocycles. The first-order valence-corrected chi connectivity index (χ1v) is 4.46. The first-order valence-electron chi connectivity index (χ1n) is 4.46. The number of rotatable bonds is 2. The molecule has 0 aliphatic carbocycles. The van der Waals surface area contributed by atoms with Gasteiger partial charge in [-0.2, -0.15) is 0 Å². The van der Waals surface area contributed by atoms with E-state index in [-0.39, 0.29) is 5.48 Å². The van der Waals surface area contributed by atoms with Gasteiger partial charge in [0.05, 0.1) is 27.7 Å². The topological polar surface area (TPSA) is 39.2 Å². The number of hydrogen-bond donors (Lipinski definition) is 0. The van der Waals surface area contributed by atoms with Crippen molar-refractivity contribution >= 4 is 0 Å². The Balaban J connectivity index is 0.00000121. The van der Waals surface area contributed by atoms with Gasteiger partial charge in [0.1, 0.15) is 0 Å². The molecule has 1 N–H and O–H groups in total. The normalized spacial score (nSPS) is 20.2. The zero-order chi connectivity index (χ0) is 8.32. The highest BCUT2D eigenvalue weighted by Gasteiger charge is 2.20. The Morgan fingerprint density at radius 1 is 1.17 bits per heavy atom. The molecule has 1 aliphatic rings. The summed E-state index contributed by atoms with van der Waals surface area (Å²) < 4.78 is 6.40. The van der Waals surface area contributed by atoms with E-state index in [1.165, 1.54) is 19.4 Å². The predicted octanol–water partition coefficient (Wildman–Crippen LogP) is 0.942. The molecule has 1 rings (SSSR count). The lowest BCUT2D eigenvalue weighted by Crippen LogP contribution is -2.40. The van der Waals surface area contributed by atoms with E-state index in [0.29, 0.717) is 0 Å². The van der Waals surface area contributed by atoms with Crippen LogP contribution in [0.4, 0.5) is 0 Å². The minimum Gasteiger partial charge on any atom is -0.870 e. The summed E-state index contributed by atoms with van der Waals surface area (Å²) in [6.45, 7) is 3.25. The average Bonchev–Trinajstić information content (AvgIpc) is 1.85. The Morgan fingerprint density at radius 2 is 1.67 bits per heavy atom. The lowest BCUT2D eigenvalue weighted by molar-refractivity contribution is -0.874. The molecule has 12 heavy (non-hydrogen) atoms. The molecule has 0 atom stereocenters. The molecule has 0 saturated carbocycles. The summed E-state index contributed by atoms with van der Waals surface area (Å²) in [5.74, 6) is 0.892. The van der Waals surface area contributed by atoms with Crippen molar-refractivity contribution in [2.24, 2.45) is 5.92 Å². The third kappa shape index (κ3) is 4.70. The van der Waals surface area contributed by atoms with Crippen molar-refractivity contribution < 1.29 is 14.7 Å². The third-order valence-electron chi connectivity index (χ3n) is 2.15. The molecule has 0 aromatic heterocycles. The summed E-state index contributed by atoms with van der Waals surface area (Å²) >= 11 is 0. The number of ether oxygens (including phenoxy) is 1. The Morgan fingerprint density at radius 3 is 2.08 bits per heavy atom. The van der Waals surface area contributed by atoms with Crippen LogP contribution in [0.15, 0.2) is 0 Å². The largest absolute Gasteiger partial charge is 0.870 e. The van der Waals surface area contributed by atoms with Crippen molar-refractivity contribution in [1.29, 1.82) is 0 Å². The fraction of sp³-hybridized carbons (Fsp3) is 1.00. The molecule has 0 aromatic rings. The molecule has 0 radical (unpaired) electrons. The maximum Gasteiger partial charge on any atom is 0.0810 e. The summed E-state index contributed by atoms with van der Waals surface area (Å²) in [7, 11) is 6.78. The molecule has 0 spiro atoms. The quantitative estimate of drug-likeness (QED) is 0.586. The van der Waals surface area contributed by atoms with Crippen molar-refractivity contribution in [3.63, 3.8) is 0 Å². The fourth-order valence-electron chi connectivity index (χ4n) is 1.70. The Kier molecular flexibility index (Phi) is 4.75. The summed E-state index contributed by atoms with van der Waals surface area (Å²) in [6, 6.07) is 0. The van der Waals surface area contributed by atoms with Gasteiger partial charge in [0.25, 0.3) is 0 Å². The van der Waals surface area contributed by atoms with Crippen LogP contribution in [0.3, 0.4) is 0 Å². The summed E-state index contributed by atoms with van der Waals surface area (Å²) in [5, 5.41) is 0. The van der Waals surface area contributed by atoms with Gasteiger partial charge in [0.15, 0.2) is 0 Å². The van der Waals surface area contributed by atoms with Crippen LogP contribution < -0.4 is 0 Å². The van der Waals surface area contributed by atoms with Crippen LogP contribution >= 0.6 is 0 Å². The van der Waals surface area contributed by atoms with E-state index in [4.69, 9.17) is 4.74 Å². The molecule has 3 heteroatoms. The van der Waals surface area contributed by atoms with Gasteiger partial charge >= 0.3 is 0 Å². The second-order valence-corrected chi connectivity index (χ2v) is 4.53. The van der Waals surface area contributed by atoms with Crippen molar-refractivity contribution in [1.82, 2.24) is 0 Å². The van der Waals surface area contributed by atoms with Gasteiger partial charge in [0.2, 0.25) is 0 Å². The van der Waals surface area contributed by atoms with Gasteiger partial charge in [-0.3, -0.25) is 0 Å². The van der Waals surface area contributed by atoms with Crippen molar-refractivity contribution in [3.8, 4) is 0 Å². The van der Waals surface area contributed by atoms with Crippen LogP contribution in [0.2, 0.25) is 0 Å². The highest BCUT2D eigenvalue weighted by molar-refractivity contribution is 4.61. The fourth-order valence-corrected chi connectivity index (χ4v) is 1.70. The van der Waals surface area contributed by atoms with Gasteiger partial charge in [-0.25, -0.2) is 0 Å². The predicted molar refractivity (Wildman–Crippen MR) is 48.4 cm³/mol. The minimum atomic E-state index is 0. The van der Waals surface area contributed by atoms with Gasteiger partial charge in [-0.15, -0.1) is 0 Å². The molecular weight excluding hydrogens is 154 g/mol. The van der Waals surface area contributed by atoms with Crippen LogP contribution in [0.5, 0.6) is 0 Å². The first kappa shape index (κ1) is 11.9. The maximum atomic E-state index is 5.31. The van der Waals surface area contributed by atoms with E-state index in [1.807, 2.05) is 0 Å². The molecule has 3 nitrogen and oxygen atoms in total. The Bertz CT molecular complexity index is 114. The second kappa shape index (κ2) is 4.80. The molecule has 0 unspecified atom stereocenters. The van der Waals surface area contributed by atoms with E-state index in [0.717, 1.165) is 23.6 Å². The van der Waals surface area contributed by atoms with E-state index in [1.54, 1.807) is 0 Å². The number of hydrogen-bond acceptors (Lipinski definition) is 2. The van der Waals surface area contributed by atoms with Crippen molar-refractivity contribution in [2.45, 2.75) is 12.8 Å². The molecule has 1 saturated heterocycles. The molecule has 1 aliphatic heterocycles. The molecule has 1 fully saturated rings. The van der Waals surface area contributed by atoms with Gasteiger partial charge in [-0.05, 0) is 12.8 Å². The SMILES string of the molecule is C[N+](C)(C)CC1CCOCC1.[OH-]. The maximum absolute atomic E-state index is 5.31. The highest BCUT2D eigenvalue weighted by atomic mass is 16.5. The number of quaternary nitrogens is 1. The first-order chi connectivity index (χ1) is 5.08. The third-order valence-corrected chi connectivity index (χ3v) is 2.15. The highest BCUT2D eigenvalue weighted by Crippen LogP contribution is 2.16. The summed E-state index contributed by atoms with van der Waals surface area (Å²) in [6.07, 6.45) is 2.52. The van der Waals surface area contributed by atoms with Crippen LogP contribution in [-0.4, -0.2) is 50.9 Å². The second-order valence-electron chi connectivity index (χ2n) is 4.53. The van der Waals surface area contributed by atoms with E-state index >= 15 is 0 Å². The Hall–Kier alpha value is -0.120. The van der Waals surface area contributed by atoms with Crippen molar-refractivity contribution in [3.05, 3.63) is 0 Å². The van der Waals surface area contributed by atoms with Crippen LogP contribution in [0.25, 0.3) is 0 Å². The zero-order valence-corrected chi connectivity index (χ0v) is 8.42. The summed E-state index contributed by atoms with van der Waals surface area (Å²) in [4.78, 5) is 0. The molecular formula is C9H21NO2. The average molecular weight is 175 g/mol. The minimum absolute atomic E-state index is 0. The molecule has 0 amide bonds. The van der Waals surface area contributed by atoms with Crippen LogP contribution in [0.1, 0.15) is 12.8 Å². The lowest BCUT2D eigenvalue weighted by Gasteiger charge is -2.31. The van der Waals surface area contributed by atoms with E-state index < -0.39 is 0 Å². The summed E-state index contributed by atoms with van der Waals surface area (Å²) in [5.41, 5.74) is 0. The van der Waals surface area contributed by atoms with Crippen LogP contribution in [-0.2, 0) is 4.74 Å². The molecule has 0 aromatic carbocycles. The lowest BCUT2D eigenvalue weighted by atomic mass is 9.99.